The minimum absolute atomic E-state index is 0.135. The Morgan fingerprint density at radius 2 is 2.00 bits per heavy atom. The van der Waals surface area contributed by atoms with Crippen molar-refractivity contribution in [2.24, 2.45) is 5.92 Å². The van der Waals surface area contributed by atoms with Crippen LogP contribution in [0.4, 0.5) is 10.1 Å². The largest absolute Gasteiger partial charge is 0.477 e. The van der Waals surface area contributed by atoms with Gasteiger partial charge in [0.2, 0.25) is 5.43 Å². The van der Waals surface area contributed by atoms with Gasteiger partial charge in [0.15, 0.2) is 0 Å². The Bertz CT molecular complexity index is 918. The molecule has 2 aromatic rings. The van der Waals surface area contributed by atoms with Crippen molar-refractivity contribution in [3.63, 3.8) is 0 Å². The van der Waals surface area contributed by atoms with Crippen LogP contribution in [0, 0.1) is 11.7 Å². The van der Waals surface area contributed by atoms with E-state index in [4.69, 9.17) is 0 Å². The zero-order chi connectivity index (χ0) is 17.7. The number of carbonyl (C=O) groups is 1. The van der Waals surface area contributed by atoms with E-state index < -0.39 is 17.2 Å². The van der Waals surface area contributed by atoms with E-state index in [1.807, 2.05) is 9.47 Å². The van der Waals surface area contributed by atoms with E-state index >= 15 is 0 Å². The van der Waals surface area contributed by atoms with Gasteiger partial charge in [0.05, 0.1) is 11.2 Å². The van der Waals surface area contributed by atoms with Crippen LogP contribution >= 0.6 is 0 Å². The first-order chi connectivity index (χ1) is 12.0. The highest BCUT2D eigenvalue weighted by Gasteiger charge is 2.36. The molecule has 1 aromatic heterocycles. The Morgan fingerprint density at radius 3 is 2.60 bits per heavy atom. The predicted octanol–water partition coefficient (Wildman–Crippen LogP) is 1.83. The second kappa shape index (κ2) is 5.84. The van der Waals surface area contributed by atoms with Gasteiger partial charge in [0.1, 0.15) is 11.4 Å². The normalized spacial score (nSPS) is 23.0. The van der Waals surface area contributed by atoms with E-state index in [0.717, 1.165) is 19.5 Å². The molecule has 2 aliphatic rings. The number of hydrogen-bond donors (Lipinski definition) is 2. The highest BCUT2D eigenvalue weighted by molar-refractivity contribution is 5.93. The first kappa shape index (κ1) is 16.1. The van der Waals surface area contributed by atoms with E-state index in [0.29, 0.717) is 30.2 Å². The van der Waals surface area contributed by atoms with Gasteiger partial charge in [-0.15, -0.1) is 0 Å². The molecule has 6 nitrogen and oxygen atoms in total. The summed E-state index contributed by atoms with van der Waals surface area (Å²) in [5, 5.41) is 12.7. The molecule has 0 amide bonds. The van der Waals surface area contributed by atoms with Gasteiger partial charge in [-0.25, -0.2) is 9.18 Å². The molecule has 25 heavy (non-hydrogen) atoms. The number of carboxylic acid groups (broad SMARTS) is 1. The van der Waals surface area contributed by atoms with E-state index in [1.54, 1.807) is 6.07 Å². The number of nitrogens with zero attached hydrogens (tertiary/aromatic N) is 2. The molecule has 0 bridgehead atoms. The zero-order valence-corrected chi connectivity index (χ0v) is 14.0. The van der Waals surface area contributed by atoms with Crippen molar-refractivity contribution in [2.45, 2.75) is 19.4 Å². The lowest BCUT2D eigenvalue weighted by molar-refractivity contribution is 0.0695. The number of rotatable bonds is 3. The smallest absolute Gasteiger partial charge is 0.341 e. The molecule has 2 unspecified atom stereocenters. The summed E-state index contributed by atoms with van der Waals surface area (Å²) in [5.41, 5.74) is 0.150. The van der Waals surface area contributed by atoms with Crippen LogP contribution in [0.5, 0.6) is 0 Å². The molecule has 1 aliphatic heterocycles. The molecule has 1 aromatic carbocycles. The number of piperazine rings is 1. The van der Waals surface area contributed by atoms with Crippen LogP contribution in [0.15, 0.2) is 23.1 Å². The monoisotopic (exact) mass is 345 g/mol. The number of hydrogen-bond acceptors (Lipinski definition) is 4. The fourth-order valence-corrected chi connectivity index (χ4v) is 3.62. The van der Waals surface area contributed by atoms with Crippen LogP contribution in [-0.2, 0) is 0 Å². The van der Waals surface area contributed by atoms with Crippen molar-refractivity contribution < 1.29 is 14.3 Å². The summed E-state index contributed by atoms with van der Waals surface area (Å²) in [6, 6.07) is 3.06. The van der Waals surface area contributed by atoms with Crippen LogP contribution in [0.3, 0.4) is 0 Å². The van der Waals surface area contributed by atoms with Gasteiger partial charge in [-0.3, -0.25) is 4.79 Å². The second-order valence-electron chi connectivity index (χ2n) is 6.92. The Balaban J connectivity index is 1.95. The zero-order valence-electron chi connectivity index (χ0n) is 14.0. The SMILES string of the molecule is CC1CC1n1cc(C(=O)O)c(=O)c2cc(F)c(N3CCNCC3)cc21. The topological polar surface area (TPSA) is 74.6 Å². The molecule has 1 saturated heterocycles. The van der Waals surface area contributed by atoms with Crippen molar-refractivity contribution in [1.82, 2.24) is 9.88 Å². The standard InChI is InChI=1S/C18H20FN3O3/c1-10-6-14(10)22-9-12(18(24)25)17(23)11-7-13(19)16(8-15(11)22)21-4-2-20-3-5-21/h7-10,14,20H,2-6H2,1H3,(H,24,25). The fourth-order valence-electron chi connectivity index (χ4n) is 3.62. The van der Waals surface area contributed by atoms with E-state index in [9.17, 15) is 19.1 Å². The van der Waals surface area contributed by atoms with Gasteiger partial charge in [-0.1, -0.05) is 6.92 Å². The number of anilines is 1. The molecule has 1 aliphatic carbocycles. The van der Waals surface area contributed by atoms with Gasteiger partial charge < -0.3 is 19.9 Å². The number of aromatic nitrogens is 1. The molecule has 1 saturated carbocycles. The lowest BCUT2D eigenvalue weighted by Gasteiger charge is -2.30. The van der Waals surface area contributed by atoms with Gasteiger partial charge >= 0.3 is 5.97 Å². The first-order valence-electron chi connectivity index (χ1n) is 8.54. The molecule has 2 heterocycles. The summed E-state index contributed by atoms with van der Waals surface area (Å²) in [5.74, 6) is -1.34. The van der Waals surface area contributed by atoms with Crippen LogP contribution < -0.4 is 15.6 Å². The fraction of sp³-hybridized carbons (Fsp3) is 0.444. The lowest BCUT2D eigenvalue weighted by Crippen LogP contribution is -2.43. The maximum absolute atomic E-state index is 14.7. The lowest BCUT2D eigenvalue weighted by atomic mass is 10.1. The molecule has 132 valence electrons. The third-order valence-electron chi connectivity index (χ3n) is 5.21. The Morgan fingerprint density at radius 1 is 1.32 bits per heavy atom. The second-order valence-corrected chi connectivity index (χ2v) is 6.92. The molecular weight excluding hydrogens is 325 g/mol. The predicted molar refractivity (Wildman–Crippen MR) is 93.0 cm³/mol. The summed E-state index contributed by atoms with van der Waals surface area (Å²) in [6.45, 7) is 5.03. The maximum atomic E-state index is 14.7. The Kier molecular flexibility index (Phi) is 3.76. The number of halogens is 1. The number of aromatic carboxylic acids is 1. The highest BCUT2D eigenvalue weighted by atomic mass is 19.1. The summed E-state index contributed by atoms with van der Waals surface area (Å²) in [7, 11) is 0. The maximum Gasteiger partial charge on any atom is 0.341 e. The summed E-state index contributed by atoms with van der Waals surface area (Å²) in [6.07, 6.45) is 2.35. The number of benzene rings is 1. The quantitative estimate of drug-likeness (QED) is 0.888. The summed E-state index contributed by atoms with van der Waals surface area (Å²) in [4.78, 5) is 25.9. The van der Waals surface area contributed by atoms with Crippen LogP contribution in [0.1, 0.15) is 29.7 Å². The molecule has 7 heteroatoms. The number of pyridine rings is 1. The minimum atomic E-state index is -1.28. The van der Waals surface area contributed by atoms with Crippen molar-refractivity contribution >= 4 is 22.6 Å². The molecule has 2 atom stereocenters. The molecule has 2 N–H and O–H groups in total. The molecule has 4 rings (SSSR count). The molecule has 0 spiro atoms. The first-order valence-corrected chi connectivity index (χ1v) is 8.54. The molecular formula is C18H20FN3O3. The third-order valence-corrected chi connectivity index (χ3v) is 5.21. The van der Waals surface area contributed by atoms with Gasteiger partial charge in [0, 0.05) is 43.8 Å². The Hall–Kier alpha value is -2.41. The van der Waals surface area contributed by atoms with Crippen LogP contribution in [0.25, 0.3) is 10.9 Å². The van der Waals surface area contributed by atoms with Crippen LogP contribution in [0.2, 0.25) is 0 Å². The minimum Gasteiger partial charge on any atom is -0.477 e. The number of nitrogens with one attached hydrogen (secondary N) is 1. The molecule has 0 radical (unpaired) electrons. The van der Waals surface area contributed by atoms with Gasteiger partial charge in [-0.2, -0.15) is 0 Å². The molecule has 2 fully saturated rings. The van der Waals surface area contributed by atoms with Gasteiger partial charge in [-0.05, 0) is 24.5 Å². The third kappa shape index (κ3) is 2.68. The van der Waals surface area contributed by atoms with Crippen LogP contribution in [-0.4, -0.2) is 41.8 Å². The average molecular weight is 345 g/mol. The summed E-state index contributed by atoms with van der Waals surface area (Å²) >= 11 is 0. The van der Waals surface area contributed by atoms with E-state index in [-0.39, 0.29) is 17.0 Å². The number of carboxylic acids is 1. The Labute approximate surface area is 143 Å². The van der Waals surface area contributed by atoms with E-state index in [2.05, 4.69) is 12.2 Å². The van der Waals surface area contributed by atoms with Crippen molar-refractivity contribution in [3.8, 4) is 0 Å². The number of fused-ring (bicyclic) bond motifs is 1. The van der Waals surface area contributed by atoms with Crippen molar-refractivity contribution in [2.75, 3.05) is 31.1 Å². The van der Waals surface area contributed by atoms with Gasteiger partial charge in [0.25, 0.3) is 0 Å². The summed E-state index contributed by atoms with van der Waals surface area (Å²) < 4.78 is 16.5. The van der Waals surface area contributed by atoms with Crippen molar-refractivity contribution in [3.05, 3.63) is 39.9 Å². The van der Waals surface area contributed by atoms with E-state index in [1.165, 1.54) is 12.3 Å². The highest BCUT2D eigenvalue weighted by Crippen LogP contribution is 2.44. The van der Waals surface area contributed by atoms with Crippen molar-refractivity contribution in [1.29, 1.82) is 0 Å². The average Bonchev–Trinajstić information content (AvgIpc) is 3.32.